The predicted octanol–water partition coefficient (Wildman–Crippen LogP) is 3.34. The number of nitrogens with zero attached hydrogens (tertiary/aromatic N) is 2. The molecule has 138 valence electrons. The zero-order valence-electron chi connectivity index (χ0n) is 15.0. The molecule has 1 N–H and O–H groups in total. The molecular formula is C21H21N3O3. The Labute approximate surface area is 158 Å². The van der Waals surface area contributed by atoms with Crippen LogP contribution < -0.4 is 10.2 Å². The van der Waals surface area contributed by atoms with Gasteiger partial charge in [0.15, 0.2) is 6.61 Å². The summed E-state index contributed by atoms with van der Waals surface area (Å²) in [5, 5.41) is 11.5. The maximum absolute atomic E-state index is 12.0. The van der Waals surface area contributed by atoms with Crippen LogP contribution in [0.15, 0.2) is 48.5 Å². The zero-order valence-corrected chi connectivity index (χ0v) is 15.0. The van der Waals surface area contributed by atoms with E-state index in [-0.39, 0.29) is 6.61 Å². The summed E-state index contributed by atoms with van der Waals surface area (Å²) in [6.45, 7) is 1.76. The van der Waals surface area contributed by atoms with E-state index in [9.17, 15) is 9.59 Å². The molecule has 1 saturated heterocycles. The van der Waals surface area contributed by atoms with Crippen LogP contribution in [0.5, 0.6) is 0 Å². The molecule has 3 rings (SSSR count). The molecule has 0 aromatic heterocycles. The summed E-state index contributed by atoms with van der Waals surface area (Å²) in [6.07, 6.45) is 3.71. The molecular weight excluding hydrogens is 342 g/mol. The first kappa shape index (κ1) is 18.5. The van der Waals surface area contributed by atoms with Gasteiger partial charge in [0.1, 0.15) is 0 Å². The standard InChI is InChI=1S/C21H21N3O3/c22-14-16-4-6-17(7-5-16)21(26)27-15-20(25)23-18-8-10-19(11-9-18)24-12-2-1-3-13-24/h4-11H,1-3,12-13,15H2,(H,23,25). The van der Waals surface area contributed by atoms with Gasteiger partial charge in [0, 0.05) is 24.5 Å². The first-order valence-corrected chi connectivity index (χ1v) is 8.98. The van der Waals surface area contributed by atoms with Crippen molar-refractivity contribution in [3.05, 3.63) is 59.7 Å². The van der Waals surface area contributed by atoms with Crippen molar-refractivity contribution in [3.8, 4) is 6.07 Å². The SMILES string of the molecule is N#Cc1ccc(C(=O)OCC(=O)Nc2ccc(N3CCCCC3)cc2)cc1. The largest absolute Gasteiger partial charge is 0.452 e. The molecule has 0 atom stereocenters. The van der Waals surface area contributed by atoms with E-state index in [0.29, 0.717) is 16.8 Å². The molecule has 2 aromatic carbocycles. The topological polar surface area (TPSA) is 82.4 Å². The van der Waals surface area contributed by atoms with Gasteiger partial charge in [-0.05, 0) is 67.8 Å². The van der Waals surface area contributed by atoms with Crippen LogP contribution in [0.25, 0.3) is 0 Å². The van der Waals surface area contributed by atoms with E-state index in [0.717, 1.165) is 18.8 Å². The fraction of sp³-hybridized carbons (Fsp3) is 0.286. The Hall–Kier alpha value is -3.33. The fourth-order valence-electron chi connectivity index (χ4n) is 3.00. The molecule has 0 aliphatic carbocycles. The predicted molar refractivity (Wildman–Crippen MR) is 103 cm³/mol. The number of esters is 1. The average Bonchev–Trinajstić information content (AvgIpc) is 2.73. The summed E-state index contributed by atoms with van der Waals surface area (Å²) >= 11 is 0. The number of piperidine rings is 1. The van der Waals surface area contributed by atoms with E-state index in [4.69, 9.17) is 10.00 Å². The molecule has 1 heterocycles. The lowest BCUT2D eigenvalue weighted by molar-refractivity contribution is -0.119. The van der Waals surface area contributed by atoms with Crippen molar-refractivity contribution in [2.24, 2.45) is 0 Å². The molecule has 6 heteroatoms. The molecule has 1 amide bonds. The van der Waals surface area contributed by atoms with Gasteiger partial charge in [0.25, 0.3) is 5.91 Å². The first-order chi connectivity index (χ1) is 13.2. The number of anilines is 2. The molecule has 0 spiro atoms. The number of carbonyl (C=O) groups is 2. The smallest absolute Gasteiger partial charge is 0.338 e. The van der Waals surface area contributed by atoms with Gasteiger partial charge in [-0.3, -0.25) is 4.79 Å². The number of nitrogens with one attached hydrogen (secondary N) is 1. The summed E-state index contributed by atoms with van der Waals surface area (Å²) in [5.74, 6) is -1.00. The Morgan fingerprint density at radius 1 is 1.00 bits per heavy atom. The van der Waals surface area contributed by atoms with Crippen molar-refractivity contribution in [1.29, 1.82) is 5.26 Å². The third-order valence-electron chi connectivity index (χ3n) is 4.46. The van der Waals surface area contributed by atoms with E-state index < -0.39 is 11.9 Å². The van der Waals surface area contributed by atoms with Gasteiger partial charge >= 0.3 is 5.97 Å². The number of ether oxygens (including phenoxy) is 1. The number of benzene rings is 2. The van der Waals surface area contributed by atoms with E-state index >= 15 is 0 Å². The summed E-state index contributed by atoms with van der Waals surface area (Å²) in [5.41, 5.74) is 2.57. The molecule has 0 unspecified atom stereocenters. The van der Waals surface area contributed by atoms with Crippen LogP contribution >= 0.6 is 0 Å². The first-order valence-electron chi connectivity index (χ1n) is 8.98. The quantitative estimate of drug-likeness (QED) is 0.824. The van der Waals surface area contributed by atoms with E-state index in [1.54, 1.807) is 0 Å². The van der Waals surface area contributed by atoms with Crippen molar-refractivity contribution >= 4 is 23.3 Å². The number of rotatable bonds is 5. The lowest BCUT2D eigenvalue weighted by atomic mass is 10.1. The van der Waals surface area contributed by atoms with E-state index in [1.807, 2.05) is 30.3 Å². The minimum atomic E-state index is -0.602. The van der Waals surface area contributed by atoms with E-state index in [2.05, 4.69) is 10.2 Å². The minimum absolute atomic E-state index is 0.299. The highest BCUT2D eigenvalue weighted by molar-refractivity contribution is 5.95. The van der Waals surface area contributed by atoms with Gasteiger partial charge in [-0.1, -0.05) is 0 Å². The average molecular weight is 363 g/mol. The highest BCUT2D eigenvalue weighted by Crippen LogP contribution is 2.21. The minimum Gasteiger partial charge on any atom is -0.452 e. The number of carbonyl (C=O) groups excluding carboxylic acids is 2. The molecule has 2 aromatic rings. The Bertz CT molecular complexity index is 832. The van der Waals surface area contributed by atoms with Crippen LogP contribution in [-0.2, 0) is 9.53 Å². The van der Waals surface area contributed by atoms with Crippen molar-refractivity contribution in [3.63, 3.8) is 0 Å². The Morgan fingerprint density at radius 2 is 1.67 bits per heavy atom. The second kappa shape index (κ2) is 8.86. The van der Waals surface area contributed by atoms with Crippen LogP contribution in [0.1, 0.15) is 35.2 Å². The molecule has 0 bridgehead atoms. The maximum Gasteiger partial charge on any atom is 0.338 e. The van der Waals surface area contributed by atoms with Crippen LogP contribution in [-0.4, -0.2) is 31.6 Å². The summed E-state index contributed by atoms with van der Waals surface area (Å²) in [7, 11) is 0. The normalized spacial score (nSPS) is 13.5. The molecule has 0 radical (unpaired) electrons. The molecule has 1 aliphatic heterocycles. The Morgan fingerprint density at radius 3 is 2.30 bits per heavy atom. The fourth-order valence-corrected chi connectivity index (χ4v) is 3.00. The van der Waals surface area contributed by atoms with Gasteiger partial charge < -0.3 is 15.0 Å². The van der Waals surface area contributed by atoms with Crippen LogP contribution in [0.2, 0.25) is 0 Å². The molecule has 27 heavy (non-hydrogen) atoms. The molecule has 1 fully saturated rings. The maximum atomic E-state index is 12.0. The monoisotopic (exact) mass is 363 g/mol. The Kier molecular flexibility index (Phi) is 6.06. The van der Waals surface area contributed by atoms with Crippen LogP contribution in [0.4, 0.5) is 11.4 Å². The lowest BCUT2D eigenvalue weighted by Gasteiger charge is -2.28. The third kappa shape index (κ3) is 5.08. The van der Waals surface area contributed by atoms with Gasteiger partial charge in [-0.2, -0.15) is 5.26 Å². The Balaban J connectivity index is 1.48. The molecule has 0 saturated carbocycles. The number of amides is 1. The number of hydrogen-bond acceptors (Lipinski definition) is 5. The summed E-state index contributed by atoms with van der Waals surface area (Å²) in [6, 6.07) is 15.7. The van der Waals surface area contributed by atoms with Crippen LogP contribution in [0.3, 0.4) is 0 Å². The molecule has 6 nitrogen and oxygen atoms in total. The van der Waals surface area contributed by atoms with E-state index in [1.165, 1.54) is 43.5 Å². The number of hydrogen-bond donors (Lipinski definition) is 1. The van der Waals surface area contributed by atoms with Gasteiger partial charge in [-0.25, -0.2) is 4.79 Å². The summed E-state index contributed by atoms with van der Waals surface area (Å²) in [4.78, 5) is 26.3. The summed E-state index contributed by atoms with van der Waals surface area (Å²) < 4.78 is 5.01. The van der Waals surface area contributed by atoms with Gasteiger partial charge in [0.05, 0.1) is 17.2 Å². The zero-order chi connectivity index (χ0) is 19.1. The highest BCUT2D eigenvalue weighted by atomic mass is 16.5. The van der Waals surface area contributed by atoms with Crippen molar-refractivity contribution < 1.29 is 14.3 Å². The van der Waals surface area contributed by atoms with Crippen molar-refractivity contribution in [1.82, 2.24) is 0 Å². The van der Waals surface area contributed by atoms with Gasteiger partial charge in [0.2, 0.25) is 0 Å². The van der Waals surface area contributed by atoms with Crippen molar-refractivity contribution in [2.45, 2.75) is 19.3 Å². The molecule has 1 aliphatic rings. The highest BCUT2D eigenvalue weighted by Gasteiger charge is 2.12. The second-order valence-electron chi connectivity index (χ2n) is 6.41. The second-order valence-corrected chi connectivity index (χ2v) is 6.41. The van der Waals surface area contributed by atoms with Gasteiger partial charge in [-0.15, -0.1) is 0 Å². The third-order valence-corrected chi connectivity index (χ3v) is 4.46. The lowest BCUT2D eigenvalue weighted by Crippen LogP contribution is -2.29. The number of nitriles is 1. The van der Waals surface area contributed by atoms with Crippen LogP contribution in [0, 0.1) is 11.3 Å². The van der Waals surface area contributed by atoms with Crippen molar-refractivity contribution in [2.75, 3.05) is 29.9 Å².